The Bertz CT molecular complexity index is 1840. The lowest BCUT2D eigenvalue weighted by Crippen LogP contribution is -2.38. The van der Waals surface area contributed by atoms with Crippen LogP contribution in [0.25, 0.3) is 10.2 Å². The number of carbonyl (C=O) groups excluding carboxylic acids is 1. The highest BCUT2D eigenvalue weighted by Gasteiger charge is 2.44. The number of ether oxygens (including phenoxy) is 1. The Morgan fingerprint density at radius 1 is 1.10 bits per heavy atom. The third-order valence-electron chi connectivity index (χ3n) is 9.16. The predicted molar refractivity (Wildman–Crippen MR) is 188 cm³/mol. The van der Waals surface area contributed by atoms with E-state index in [1.807, 2.05) is 30.3 Å². The van der Waals surface area contributed by atoms with E-state index in [4.69, 9.17) is 9.15 Å². The van der Waals surface area contributed by atoms with Gasteiger partial charge in [0, 0.05) is 53.8 Å². The molecule has 1 aliphatic carbocycles. The molecule has 2 atom stereocenters. The summed E-state index contributed by atoms with van der Waals surface area (Å²) in [4.78, 5) is 34.5. The fourth-order valence-corrected chi connectivity index (χ4v) is 8.65. The van der Waals surface area contributed by atoms with Crippen LogP contribution in [-0.2, 0) is 29.8 Å². The van der Waals surface area contributed by atoms with Gasteiger partial charge in [0.05, 0.1) is 17.0 Å². The SMILES string of the molecule is CN(CCc1cnc(C(O)(c2ccccc2)C2CCCCC2)o1)Cc1ccc(CCNC[C@H](O)c2ccc(OC=O)c3[nH]c(=O)sc23)s1. The summed E-state index contributed by atoms with van der Waals surface area (Å²) in [6.07, 6.45) is 7.83. The average Bonchev–Trinajstić information content (AvgIpc) is 3.87. The van der Waals surface area contributed by atoms with Gasteiger partial charge in [-0.1, -0.05) is 67.0 Å². The largest absolute Gasteiger partial charge is 0.442 e. The molecule has 48 heavy (non-hydrogen) atoms. The zero-order valence-corrected chi connectivity index (χ0v) is 28.7. The van der Waals surface area contributed by atoms with Crippen molar-refractivity contribution in [1.82, 2.24) is 20.2 Å². The summed E-state index contributed by atoms with van der Waals surface area (Å²) in [5, 5.41) is 26.2. The quantitative estimate of drug-likeness (QED) is 0.0777. The summed E-state index contributed by atoms with van der Waals surface area (Å²) >= 11 is 2.76. The molecule has 4 N–H and O–H groups in total. The van der Waals surface area contributed by atoms with Gasteiger partial charge in [-0.3, -0.25) is 9.59 Å². The van der Waals surface area contributed by atoms with Gasteiger partial charge < -0.3 is 34.6 Å². The first kappa shape index (κ1) is 34.2. The van der Waals surface area contributed by atoms with E-state index in [2.05, 4.69) is 39.4 Å². The highest BCUT2D eigenvalue weighted by atomic mass is 32.1. The molecule has 3 aromatic heterocycles. The molecule has 10 nitrogen and oxygen atoms in total. The van der Waals surface area contributed by atoms with Crippen LogP contribution < -0.4 is 14.9 Å². The van der Waals surface area contributed by atoms with Crippen molar-refractivity contribution in [2.75, 3.05) is 26.7 Å². The van der Waals surface area contributed by atoms with Crippen molar-refractivity contribution in [3.8, 4) is 5.75 Å². The van der Waals surface area contributed by atoms with Crippen LogP contribution >= 0.6 is 22.7 Å². The van der Waals surface area contributed by atoms with Crippen LogP contribution in [0.5, 0.6) is 5.75 Å². The highest BCUT2D eigenvalue weighted by Crippen LogP contribution is 2.43. The molecule has 0 spiro atoms. The van der Waals surface area contributed by atoms with E-state index in [0.29, 0.717) is 47.7 Å². The number of rotatable bonds is 16. The van der Waals surface area contributed by atoms with Crippen molar-refractivity contribution < 1.29 is 24.2 Å². The fourth-order valence-electron chi connectivity index (χ4n) is 6.64. The van der Waals surface area contributed by atoms with E-state index in [1.54, 1.807) is 29.7 Å². The number of hydrogen-bond acceptors (Lipinski definition) is 11. The maximum Gasteiger partial charge on any atom is 0.305 e. The number of thiazole rings is 1. The fraction of sp³-hybridized carbons (Fsp3) is 0.417. The molecule has 6 rings (SSSR count). The molecule has 5 aromatic rings. The molecule has 1 aliphatic rings. The smallest absolute Gasteiger partial charge is 0.305 e. The summed E-state index contributed by atoms with van der Waals surface area (Å²) in [7, 11) is 2.09. The second kappa shape index (κ2) is 15.7. The van der Waals surface area contributed by atoms with Gasteiger partial charge in [-0.05, 0) is 50.1 Å². The Morgan fingerprint density at radius 2 is 1.90 bits per heavy atom. The molecule has 3 heterocycles. The molecule has 0 bridgehead atoms. The third-order valence-corrected chi connectivity index (χ3v) is 11.2. The van der Waals surface area contributed by atoms with Gasteiger partial charge in [-0.15, -0.1) is 11.3 Å². The molecule has 0 saturated heterocycles. The Hall–Kier alpha value is -3.65. The number of aliphatic hydroxyl groups excluding tert-OH is 1. The molecular formula is C36H42N4O6S2. The number of nitrogens with one attached hydrogen (secondary N) is 2. The van der Waals surface area contributed by atoms with Crippen LogP contribution in [0, 0.1) is 5.92 Å². The summed E-state index contributed by atoms with van der Waals surface area (Å²) in [6.45, 7) is 2.93. The summed E-state index contributed by atoms with van der Waals surface area (Å²) in [5.74, 6) is 1.52. The molecule has 2 aromatic carbocycles. The minimum absolute atomic E-state index is 0.0863. The lowest BCUT2D eigenvalue weighted by atomic mass is 9.73. The van der Waals surface area contributed by atoms with Gasteiger partial charge >= 0.3 is 4.87 Å². The molecule has 12 heteroatoms. The highest BCUT2D eigenvalue weighted by molar-refractivity contribution is 7.16. The standard InChI is InChI=1S/C36H42N4O6S2/c1-40(19-17-26-20-38-34(46-26)36(44,24-8-4-2-5-9-24)25-10-6-3-7-11-25)22-28-13-12-27(47-28)16-18-37-21-30(42)29-14-15-31(45-23-41)32-33(29)48-35(43)39-32/h2,4-5,8-9,12-15,20,23,25,30,37,42,44H,3,6-7,10-11,16-19,21-22H2,1H3,(H,39,43)/t30-,36?/m0/s1. The first-order valence-corrected chi connectivity index (χ1v) is 18.1. The summed E-state index contributed by atoms with van der Waals surface area (Å²) in [5.41, 5.74) is 0.650. The molecule has 254 valence electrons. The molecule has 0 amide bonds. The number of H-pyrrole nitrogens is 1. The van der Waals surface area contributed by atoms with Gasteiger partial charge in [-0.25, -0.2) is 4.98 Å². The number of fused-ring (bicyclic) bond motifs is 1. The van der Waals surface area contributed by atoms with Crippen LogP contribution in [0.2, 0.25) is 0 Å². The van der Waals surface area contributed by atoms with Gasteiger partial charge in [0.25, 0.3) is 6.47 Å². The number of aliphatic hydroxyl groups is 2. The Kier molecular flexibility index (Phi) is 11.2. The topological polar surface area (TPSA) is 141 Å². The van der Waals surface area contributed by atoms with Crippen molar-refractivity contribution in [3.05, 3.63) is 103 Å². The van der Waals surface area contributed by atoms with Crippen molar-refractivity contribution in [2.45, 2.75) is 63.2 Å². The van der Waals surface area contributed by atoms with Crippen molar-refractivity contribution in [2.24, 2.45) is 5.92 Å². The maximum atomic E-state index is 12.1. The summed E-state index contributed by atoms with van der Waals surface area (Å²) < 4.78 is 11.8. The summed E-state index contributed by atoms with van der Waals surface area (Å²) in [6, 6.07) is 17.4. The van der Waals surface area contributed by atoms with Gasteiger partial charge in [0.15, 0.2) is 11.4 Å². The van der Waals surface area contributed by atoms with Crippen molar-refractivity contribution in [3.63, 3.8) is 0 Å². The minimum atomic E-state index is -1.22. The molecule has 1 fully saturated rings. The second-order valence-electron chi connectivity index (χ2n) is 12.5. The van der Waals surface area contributed by atoms with E-state index >= 15 is 0 Å². The Morgan fingerprint density at radius 3 is 2.69 bits per heavy atom. The first-order chi connectivity index (χ1) is 23.3. The molecule has 1 saturated carbocycles. The van der Waals surface area contributed by atoms with Gasteiger partial charge in [0.1, 0.15) is 11.3 Å². The van der Waals surface area contributed by atoms with Crippen LogP contribution in [0.3, 0.4) is 0 Å². The molecular weight excluding hydrogens is 649 g/mol. The van der Waals surface area contributed by atoms with E-state index in [9.17, 15) is 19.8 Å². The van der Waals surface area contributed by atoms with Gasteiger partial charge in [0.2, 0.25) is 5.89 Å². The zero-order chi connectivity index (χ0) is 33.5. The van der Waals surface area contributed by atoms with Gasteiger partial charge in [-0.2, -0.15) is 0 Å². The second-order valence-corrected chi connectivity index (χ2v) is 14.7. The van der Waals surface area contributed by atoms with Crippen LogP contribution in [0.15, 0.2) is 70.0 Å². The lowest BCUT2D eigenvalue weighted by molar-refractivity contribution is -0.120. The number of carbonyl (C=O) groups is 1. The molecule has 0 aliphatic heterocycles. The minimum Gasteiger partial charge on any atom is -0.442 e. The normalized spacial score (nSPS) is 15.9. The zero-order valence-electron chi connectivity index (χ0n) is 27.0. The number of nitrogens with zero attached hydrogens (tertiary/aromatic N) is 2. The number of oxazole rings is 1. The van der Waals surface area contributed by atoms with Crippen molar-refractivity contribution >= 4 is 39.4 Å². The van der Waals surface area contributed by atoms with Crippen molar-refractivity contribution in [1.29, 1.82) is 0 Å². The number of thiophene rings is 1. The van der Waals surface area contributed by atoms with E-state index in [-0.39, 0.29) is 16.5 Å². The van der Waals surface area contributed by atoms with Crippen LogP contribution in [-0.4, -0.2) is 58.2 Å². The number of benzene rings is 2. The maximum absolute atomic E-state index is 12.1. The van der Waals surface area contributed by atoms with E-state index < -0.39 is 11.7 Å². The average molecular weight is 691 g/mol. The third kappa shape index (κ3) is 7.80. The Labute approximate surface area is 287 Å². The molecule has 1 unspecified atom stereocenters. The Balaban J connectivity index is 0.975. The molecule has 0 radical (unpaired) electrons. The predicted octanol–water partition coefficient (Wildman–Crippen LogP) is 5.53. The number of hydrogen-bond donors (Lipinski definition) is 4. The van der Waals surface area contributed by atoms with Crippen LogP contribution in [0.1, 0.15) is 70.7 Å². The van der Waals surface area contributed by atoms with E-state index in [1.165, 1.54) is 16.2 Å². The first-order valence-electron chi connectivity index (χ1n) is 16.5. The number of aromatic amines is 1. The number of likely N-dealkylation sites (N-methyl/N-ethyl adjacent to an activating group) is 1. The van der Waals surface area contributed by atoms with E-state index in [0.717, 1.165) is 67.9 Å². The van der Waals surface area contributed by atoms with Crippen LogP contribution in [0.4, 0.5) is 0 Å². The monoisotopic (exact) mass is 690 g/mol. The lowest BCUT2D eigenvalue weighted by Gasteiger charge is -2.36. The number of aromatic nitrogens is 2.